The van der Waals surface area contributed by atoms with Gasteiger partial charge in [-0.2, -0.15) is 0 Å². The summed E-state index contributed by atoms with van der Waals surface area (Å²) in [5.41, 5.74) is 2.10. The van der Waals surface area contributed by atoms with Gasteiger partial charge in [0.15, 0.2) is 0 Å². The zero-order valence-corrected chi connectivity index (χ0v) is 15.6. The second-order valence-electron chi connectivity index (χ2n) is 6.31. The fourth-order valence-electron chi connectivity index (χ4n) is 2.98. The van der Waals surface area contributed by atoms with Crippen molar-refractivity contribution in [3.63, 3.8) is 0 Å². The third kappa shape index (κ3) is 4.16. The summed E-state index contributed by atoms with van der Waals surface area (Å²) in [4.78, 5) is 14.5. The first-order valence-electron chi connectivity index (χ1n) is 8.62. The number of carbonyl (C=O) groups excluding carboxylic acids is 1. The standard InChI is InChI=1S/C19H23N3O3S/c1-21(17-8-3-2-4-9-17)13-11-20-19(23)16-7-5-10-18(15-16)22-12-6-14-26(22,24)25/h2-5,7-10,15H,6,11-14H2,1H3,(H,20,23). The van der Waals surface area contributed by atoms with E-state index in [1.54, 1.807) is 24.3 Å². The van der Waals surface area contributed by atoms with Crippen molar-refractivity contribution in [3.8, 4) is 0 Å². The molecule has 138 valence electrons. The monoisotopic (exact) mass is 373 g/mol. The normalized spacial score (nSPS) is 15.7. The van der Waals surface area contributed by atoms with Crippen LogP contribution in [0.4, 0.5) is 11.4 Å². The maximum Gasteiger partial charge on any atom is 0.251 e. The summed E-state index contributed by atoms with van der Waals surface area (Å²) in [7, 11) is -1.27. The number of rotatable bonds is 6. The minimum atomic E-state index is -3.25. The zero-order chi connectivity index (χ0) is 18.6. The van der Waals surface area contributed by atoms with Crippen LogP contribution in [0.1, 0.15) is 16.8 Å². The van der Waals surface area contributed by atoms with Crippen LogP contribution in [0.5, 0.6) is 0 Å². The highest BCUT2D eigenvalue weighted by atomic mass is 32.2. The lowest BCUT2D eigenvalue weighted by atomic mass is 10.2. The van der Waals surface area contributed by atoms with Crippen LogP contribution in [0, 0.1) is 0 Å². The Morgan fingerprint density at radius 2 is 1.92 bits per heavy atom. The van der Waals surface area contributed by atoms with E-state index in [9.17, 15) is 13.2 Å². The first kappa shape index (κ1) is 18.3. The molecule has 0 bridgehead atoms. The predicted molar refractivity (Wildman–Crippen MR) is 104 cm³/mol. The van der Waals surface area contributed by atoms with E-state index in [1.165, 1.54) is 4.31 Å². The van der Waals surface area contributed by atoms with Gasteiger partial charge in [0, 0.05) is 37.9 Å². The molecule has 3 rings (SSSR count). The van der Waals surface area contributed by atoms with E-state index < -0.39 is 10.0 Å². The third-order valence-corrected chi connectivity index (χ3v) is 6.29. The van der Waals surface area contributed by atoms with Gasteiger partial charge in [0.05, 0.1) is 11.4 Å². The quantitative estimate of drug-likeness (QED) is 0.842. The minimum absolute atomic E-state index is 0.162. The Hall–Kier alpha value is -2.54. The van der Waals surface area contributed by atoms with Crippen molar-refractivity contribution in [2.75, 3.05) is 41.6 Å². The van der Waals surface area contributed by atoms with Crippen molar-refractivity contribution in [3.05, 3.63) is 60.2 Å². The van der Waals surface area contributed by atoms with Gasteiger partial charge in [-0.1, -0.05) is 24.3 Å². The average Bonchev–Trinajstić information content (AvgIpc) is 3.01. The summed E-state index contributed by atoms with van der Waals surface area (Å²) in [6, 6.07) is 16.7. The Labute approximate surface area is 154 Å². The van der Waals surface area contributed by atoms with Crippen LogP contribution in [-0.4, -0.2) is 46.8 Å². The molecule has 2 aromatic carbocycles. The summed E-state index contributed by atoms with van der Waals surface area (Å²) in [5.74, 6) is -0.0418. The summed E-state index contributed by atoms with van der Waals surface area (Å²) in [6.45, 7) is 1.64. The second kappa shape index (κ2) is 7.78. The Morgan fingerprint density at radius 1 is 1.15 bits per heavy atom. The van der Waals surface area contributed by atoms with Crippen LogP contribution in [0.25, 0.3) is 0 Å². The smallest absolute Gasteiger partial charge is 0.251 e. The van der Waals surface area contributed by atoms with Crippen LogP contribution >= 0.6 is 0 Å². The first-order chi connectivity index (χ1) is 12.5. The van der Waals surface area contributed by atoms with E-state index in [4.69, 9.17) is 0 Å². The molecule has 6 nitrogen and oxygen atoms in total. The number of likely N-dealkylation sites (N-methyl/N-ethyl adjacent to an activating group) is 1. The molecule has 1 N–H and O–H groups in total. The highest BCUT2D eigenvalue weighted by Crippen LogP contribution is 2.24. The van der Waals surface area contributed by atoms with Gasteiger partial charge < -0.3 is 10.2 Å². The number of amides is 1. The highest BCUT2D eigenvalue weighted by Gasteiger charge is 2.28. The third-order valence-electron chi connectivity index (χ3n) is 4.43. The molecule has 0 unspecified atom stereocenters. The van der Waals surface area contributed by atoms with Crippen LogP contribution < -0.4 is 14.5 Å². The molecule has 0 aliphatic carbocycles. The SMILES string of the molecule is CN(CCNC(=O)c1cccc(N2CCCS2(=O)=O)c1)c1ccccc1. The second-order valence-corrected chi connectivity index (χ2v) is 8.32. The molecule has 1 amide bonds. The van der Waals surface area contributed by atoms with E-state index in [0.717, 1.165) is 5.69 Å². The molecule has 1 saturated heterocycles. The summed E-state index contributed by atoms with van der Waals surface area (Å²) in [6.07, 6.45) is 0.616. The van der Waals surface area contributed by atoms with Crippen molar-refractivity contribution in [2.24, 2.45) is 0 Å². The lowest BCUT2D eigenvalue weighted by Gasteiger charge is -2.20. The molecule has 1 aliphatic heterocycles. The van der Waals surface area contributed by atoms with Crippen molar-refractivity contribution in [1.29, 1.82) is 0 Å². The van der Waals surface area contributed by atoms with Gasteiger partial charge in [0.2, 0.25) is 10.0 Å². The molecule has 26 heavy (non-hydrogen) atoms. The number of anilines is 2. The van der Waals surface area contributed by atoms with E-state index in [-0.39, 0.29) is 11.7 Å². The van der Waals surface area contributed by atoms with Crippen LogP contribution in [0.2, 0.25) is 0 Å². The van der Waals surface area contributed by atoms with Crippen molar-refractivity contribution in [2.45, 2.75) is 6.42 Å². The average molecular weight is 373 g/mol. The Kier molecular flexibility index (Phi) is 5.46. The number of para-hydroxylation sites is 1. The lowest BCUT2D eigenvalue weighted by molar-refractivity contribution is 0.0954. The van der Waals surface area contributed by atoms with Gasteiger partial charge in [-0.05, 0) is 36.8 Å². The van der Waals surface area contributed by atoms with E-state index >= 15 is 0 Å². The summed E-state index contributed by atoms with van der Waals surface area (Å²) in [5, 5.41) is 2.89. The molecule has 7 heteroatoms. The number of carbonyl (C=O) groups is 1. The van der Waals surface area contributed by atoms with Crippen LogP contribution in [-0.2, 0) is 10.0 Å². The number of nitrogens with one attached hydrogen (secondary N) is 1. The van der Waals surface area contributed by atoms with Gasteiger partial charge in [0.25, 0.3) is 5.91 Å². The van der Waals surface area contributed by atoms with Gasteiger partial charge in [-0.3, -0.25) is 9.10 Å². The number of benzene rings is 2. The number of hydrogen-bond donors (Lipinski definition) is 1. The molecule has 0 atom stereocenters. The van der Waals surface area contributed by atoms with Gasteiger partial charge in [0.1, 0.15) is 0 Å². The van der Waals surface area contributed by atoms with Crippen molar-refractivity contribution >= 4 is 27.3 Å². The molecule has 1 heterocycles. The van der Waals surface area contributed by atoms with E-state index in [0.29, 0.717) is 37.3 Å². The molecule has 0 saturated carbocycles. The Morgan fingerprint density at radius 3 is 2.62 bits per heavy atom. The van der Waals surface area contributed by atoms with Crippen LogP contribution in [0.15, 0.2) is 54.6 Å². The van der Waals surface area contributed by atoms with Gasteiger partial charge in [-0.15, -0.1) is 0 Å². The predicted octanol–water partition coefficient (Wildman–Crippen LogP) is 2.09. The fourth-order valence-corrected chi connectivity index (χ4v) is 4.54. The van der Waals surface area contributed by atoms with Gasteiger partial charge in [-0.25, -0.2) is 8.42 Å². The molecule has 0 radical (unpaired) electrons. The summed E-state index contributed by atoms with van der Waals surface area (Å²) >= 11 is 0. The molecular weight excluding hydrogens is 350 g/mol. The van der Waals surface area contributed by atoms with Crippen molar-refractivity contribution in [1.82, 2.24) is 5.32 Å². The zero-order valence-electron chi connectivity index (χ0n) is 14.8. The first-order valence-corrected chi connectivity index (χ1v) is 10.2. The summed E-state index contributed by atoms with van der Waals surface area (Å²) < 4.78 is 25.5. The lowest BCUT2D eigenvalue weighted by Crippen LogP contribution is -2.33. The molecule has 0 spiro atoms. The van der Waals surface area contributed by atoms with E-state index in [1.807, 2.05) is 37.4 Å². The molecule has 1 fully saturated rings. The Balaban J connectivity index is 1.59. The minimum Gasteiger partial charge on any atom is -0.373 e. The number of hydrogen-bond acceptors (Lipinski definition) is 4. The number of nitrogens with zero attached hydrogens (tertiary/aromatic N) is 2. The van der Waals surface area contributed by atoms with Crippen LogP contribution in [0.3, 0.4) is 0 Å². The molecule has 0 aromatic heterocycles. The fraction of sp³-hybridized carbons (Fsp3) is 0.316. The highest BCUT2D eigenvalue weighted by molar-refractivity contribution is 7.93. The van der Waals surface area contributed by atoms with Gasteiger partial charge >= 0.3 is 0 Å². The van der Waals surface area contributed by atoms with E-state index in [2.05, 4.69) is 10.2 Å². The maximum atomic E-state index is 12.4. The number of sulfonamides is 1. The maximum absolute atomic E-state index is 12.4. The topological polar surface area (TPSA) is 69.7 Å². The van der Waals surface area contributed by atoms with Crippen molar-refractivity contribution < 1.29 is 13.2 Å². The Bertz CT molecular complexity index is 869. The molecule has 1 aliphatic rings. The molecule has 2 aromatic rings. The largest absolute Gasteiger partial charge is 0.373 e. The molecular formula is C19H23N3O3S.